The van der Waals surface area contributed by atoms with Crippen molar-refractivity contribution in [3.05, 3.63) is 24.3 Å². The van der Waals surface area contributed by atoms with Crippen LogP contribution in [-0.2, 0) is 28.6 Å². The topological polar surface area (TPSA) is 78.9 Å². The highest BCUT2D eigenvalue weighted by Crippen LogP contribution is 2.18. The molecule has 1 unspecified atom stereocenters. The highest BCUT2D eigenvalue weighted by Gasteiger charge is 2.19. The van der Waals surface area contributed by atoms with Crippen molar-refractivity contribution >= 4 is 17.9 Å². The van der Waals surface area contributed by atoms with E-state index in [1.54, 1.807) is 0 Å². The SMILES string of the molecule is CCCCCCC/C=C\C/C=C\CCCCCCCCCCCC(=O)OC(COC(=O)CCCCCCCCCCC)COC(=O)CCCCCCCCCCCCCCCCCCCCCCCCCCC. The lowest BCUT2D eigenvalue weighted by atomic mass is 10.0. The molecule has 0 heterocycles. The van der Waals surface area contributed by atoms with Crippen molar-refractivity contribution in [3.8, 4) is 0 Å². The Morgan fingerprint density at radius 2 is 0.493 bits per heavy atom. The first-order valence-corrected chi connectivity index (χ1v) is 32.8. The minimum atomic E-state index is -0.769. The molecule has 0 saturated carbocycles. The maximum Gasteiger partial charge on any atom is 0.306 e. The van der Waals surface area contributed by atoms with Gasteiger partial charge in [-0.2, -0.15) is 0 Å². The smallest absolute Gasteiger partial charge is 0.306 e. The molecular formula is C67H126O6. The van der Waals surface area contributed by atoms with Crippen LogP contribution in [0.15, 0.2) is 24.3 Å². The third-order valence-electron chi connectivity index (χ3n) is 15.0. The average molecular weight is 1030 g/mol. The lowest BCUT2D eigenvalue weighted by Gasteiger charge is -2.18. The van der Waals surface area contributed by atoms with Gasteiger partial charge in [0.1, 0.15) is 13.2 Å². The van der Waals surface area contributed by atoms with E-state index in [2.05, 4.69) is 45.1 Å². The van der Waals surface area contributed by atoms with Crippen molar-refractivity contribution in [2.45, 2.75) is 374 Å². The molecule has 0 aliphatic carbocycles. The van der Waals surface area contributed by atoms with Crippen molar-refractivity contribution in [2.24, 2.45) is 0 Å². The van der Waals surface area contributed by atoms with E-state index in [0.717, 1.165) is 64.2 Å². The number of hydrogen-bond donors (Lipinski definition) is 0. The molecular weight excluding hydrogens is 901 g/mol. The zero-order chi connectivity index (χ0) is 52.9. The van der Waals surface area contributed by atoms with Crippen LogP contribution in [0.4, 0.5) is 0 Å². The normalized spacial score (nSPS) is 12.1. The van der Waals surface area contributed by atoms with Crippen molar-refractivity contribution in [1.82, 2.24) is 0 Å². The monoisotopic (exact) mass is 1030 g/mol. The lowest BCUT2D eigenvalue weighted by molar-refractivity contribution is -0.167. The molecule has 0 aromatic rings. The fraction of sp³-hybridized carbons (Fsp3) is 0.896. The summed E-state index contributed by atoms with van der Waals surface area (Å²) in [5.41, 5.74) is 0. The molecule has 0 radical (unpaired) electrons. The van der Waals surface area contributed by atoms with Gasteiger partial charge in [0, 0.05) is 19.3 Å². The zero-order valence-corrected chi connectivity index (χ0v) is 49.4. The van der Waals surface area contributed by atoms with Crippen molar-refractivity contribution in [1.29, 1.82) is 0 Å². The Labute approximate surface area is 455 Å². The number of ether oxygens (including phenoxy) is 3. The van der Waals surface area contributed by atoms with E-state index >= 15 is 0 Å². The molecule has 0 aromatic carbocycles. The molecule has 6 heteroatoms. The van der Waals surface area contributed by atoms with Crippen LogP contribution in [0.5, 0.6) is 0 Å². The third-order valence-corrected chi connectivity index (χ3v) is 15.0. The average Bonchev–Trinajstić information content (AvgIpc) is 3.39. The third kappa shape index (κ3) is 60.6. The molecule has 430 valence electrons. The summed E-state index contributed by atoms with van der Waals surface area (Å²) in [6.45, 7) is 6.67. The second kappa shape index (κ2) is 62.4. The Morgan fingerprint density at radius 3 is 0.753 bits per heavy atom. The maximum absolute atomic E-state index is 12.9. The number of unbranched alkanes of at least 4 members (excludes halogenated alkanes) is 46. The van der Waals surface area contributed by atoms with E-state index in [4.69, 9.17) is 14.2 Å². The molecule has 0 aromatic heterocycles. The summed E-state index contributed by atoms with van der Waals surface area (Å²) in [6, 6.07) is 0. The molecule has 1 atom stereocenters. The van der Waals surface area contributed by atoms with Crippen LogP contribution < -0.4 is 0 Å². The second-order valence-corrected chi connectivity index (χ2v) is 22.4. The van der Waals surface area contributed by atoms with Gasteiger partial charge < -0.3 is 14.2 Å². The standard InChI is InChI=1S/C67H126O6/c1-4-7-10-13-16-19-21-23-25-27-29-31-32-33-34-36-37-39-41-43-45-48-51-54-57-60-66(69)72-63-64(62-71-65(68)59-56-53-50-47-18-15-12-9-6-3)73-67(70)61-58-55-52-49-46-44-42-40-38-35-30-28-26-24-22-20-17-14-11-8-5-2/h22,24,28,30,64H,4-21,23,25-27,29,31-63H2,1-3H3/b24-22-,30-28-. The predicted octanol–water partition coefficient (Wildman–Crippen LogP) is 22.2. The highest BCUT2D eigenvalue weighted by atomic mass is 16.6. The molecule has 0 bridgehead atoms. The van der Waals surface area contributed by atoms with Crippen LogP contribution >= 0.6 is 0 Å². The van der Waals surface area contributed by atoms with E-state index in [1.807, 2.05) is 0 Å². The van der Waals surface area contributed by atoms with E-state index < -0.39 is 6.10 Å². The van der Waals surface area contributed by atoms with Gasteiger partial charge in [0.05, 0.1) is 0 Å². The van der Waals surface area contributed by atoms with E-state index in [1.165, 1.54) is 263 Å². The van der Waals surface area contributed by atoms with Crippen LogP contribution in [0.2, 0.25) is 0 Å². The Kier molecular flexibility index (Phi) is 60.6. The molecule has 0 spiro atoms. The lowest BCUT2D eigenvalue weighted by Crippen LogP contribution is -2.30. The van der Waals surface area contributed by atoms with Gasteiger partial charge in [-0.1, -0.05) is 321 Å². The van der Waals surface area contributed by atoms with E-state index in [0.29, 0.717) is 19.3 Å². The summed E-state index contributed by atoms with van der Waals surface area (Å²) < 4.78 is 16.9. The molecule has 0 aliphatic heterocycles. The predicted molar refractivity (Wildman–Crippen MR) is 316 cm³/mol. The van der Waals surface area contributed by atoms with Crippen molar-refractivity contribution in [2.75, 3.05) is 13.2 Å². The van der Waals surface area contributed by atoms with Gasteiger partial charge in [-0.3, -0.25) is 14.4 Å². The second-order valence-electron chi connectivity index (χ2n) is 22.4. The largest absolute Gasteiger partial charge is 0.462 e. The number of carbonyl (C=O) groups is 3. The maximum atomic E-state index is 12.9. The van der Waals surface area contributed by atoms with Gasteiger partial charge >= 0.3 is 17.9 Å². The van der Waals surface area contributed by atoms with Crippen LogP contribution in [0.1, 0.15) is 367 Å². The van der Waals surface area contributed by atoms with Crippen molar-refractivity contribution in [3.63, 3.8) is 0 Å². The van der Waals surface area contributed by atoms with Gasteiger partial charge in [0.15, 0.2) is 6.10 Å². The number of carbonyl (C=O) groups excluding carboxylic acids is 3. The number of esters is 3. The van der Waals surface area contributed by atoms with Crippen molar-refractivity contribution < 1.29 is 28.6 Å². The summed E-state index contributed by atoms with van der Waals surface area (Å²) in [5.74, 6) is -0.848. The van der Waals surface area contributed by atoms with Crippen LogP contribution in [0, 0.1) is 0 Å². The van der Waals surface area contributed by atoms with Crippen LogP contribution in [-0.4, -0.2) is 37.2 Å². The molecule has 73 heavy (non-hydrogen) atoms. The summed E-state index contributed by atoms with van der Waals surface area (Å²) >= 11 is 0. The first-order chi connectivity index (χ1) is 36.0. The summed E-state index contributed by atoms with van der Waals surface area (Å²) in [7, 11) is 0. The number of allylic oxidation sites excluding steroid dienone is 4. The number of hydrogen-bond acceptors (Lipinski definition) is 6. The van der Waals surface area contributed by atoms with Gasteiger partial charge in [0.2, 0.25) is 0 Å². The first-order valence-electron chi connectivity index (χ1n) is 32.8. The Hall–Kier alpha value is -2.11. The molecule has 6 nitrogen and oxygen atoms in total. The van der Waals surface area contributed by atoms with Gasteiger partial charge in [-0.15, -0.1) is 0 Å². The molecule has 0 fully saturated rings. The van der Waals surface area contributed by atoms with Crippen LogP contribution in [0.3, 0.4) is 0 Å². The quantitative estimate of drug-likeness (QED) is 0.0261. The van der Waals surface area contributed by atoms with Crippen LogP contribution in [0.25, 0.3) is 0 Å². The minimum Gasteiger partial charge on any atom is -0.462 e. The summed E-state index contributed by atoms with van der Waals surface area (Å²) in [6.07, 6.45) is 74.9. The molecule has 0 N–H and O–H groups in total. The molecule has 0 rings (SSSR count). The van der Waals surface area contributed by atoms with E-state index in [9.17, 15) is 14.4 Å². The van der Waals surface area contributed by atoms with Gasteiger partial charge in [-0.05, 0) is 51.4 Å². The minimum absolute atomic E-state index is 0.0672. The zero-order valence-electron chi connectivity index (χ0n) is 49.4. The molecule has 0 amide bonds. The Morgan fingerprint density at radius 1 is 0.274 bits per heavy atom. The molecule has 0 aliphatic rings. The van der Waals surface area contributed by atoms with Gasteiger partial charge in [0.25, 0.3) is 0 Å². The fourth-order valence-electron chi connectivity index (χ4n) is 10.0. The summed E-state index contributed by atoms with van der Waals surface area (Å²) in [4.78, 5) is 38.2. The Balaban J connectivity index is 4.14. The fourth-order valence-corrected chi connectivity index (χ4v) is 10.0. The van der Waals surface area contributed by atoms with Gasteiger partial charge in [-0.25, -0.2) is 0 Å². The number of rotatable bonds is 61. The molecule has 0 saturated heterocycles. The first kappa shape index (κ1) is 70.9. The Bertz CT molecular complexity index is 1180. The highest BCUT2D eigenvalue weighted by molar-refractivity contribution is 5.71. The van der Waals surface area contributed by atoms with E-state index in [-0.39, 0.29) is 31.1 Å². The summed E-state index contributed by atoms with van der Waals surface area (Å²) in [5, 5.41) is 0.